The highest BCUT2D eigenvalue weighted by Crippen LogP contribution is 2.20. The molecular weight excluding hydrogens is 375 g/mol. The van der Waals surface area contributed by atoms with Crippen LogP contribution in [0.3, 0.4) is 0 Å². The third kappa shape index (κ3) is 9.55. The molecule has 5 heteroatoms. The van der Waals surface area contributed by atoms with Crippen molar-refractivity contribution in [2.24, 2.45) is 16.8 Å². The van der Waals surface area contributed by atoms with Crippen molar-refractivity contribution < 1.29 is 0 Å². The average molecular weight is 410 g/mol. The normalized spacial score (nSPS) is 23.5. The molecule has 4 nitrogen and oxygen atoms in total. The van der Waals surface area contributed by atoms with Crippen LogP contribution in [0.15, 0.2) is 4.99 Å². The summed E-state index contributed by atoms with van der Waals surface area (Å²) in [4.78, 5) is 7.14. The molecule has 0 amide bonds. The second-order valence-electron chi connectivity index (χ2n) is 6.25. The topological polar surface area (TPSA) is 39.7 Å². The van der Waals surface area contributed by atoms with Crippen LogP contribution in [-0.2, 0) is 0 Å². The first-order chi connectivity index (χ1) is 9.65. The van der Waals surface area contributed by atoms with Gasteiger partial charge in [-0.05, 0) is 44.6 Å². The van der Waals surface area contributed by atoms with Gasteiger partial charge in [0.05, 0.1) is 0 Å². The van der Waals surface area contributed by atoms with E-state index in [1.165, 1.54) is 32.5 Å². The van der Waals surface area contributed by atoms with Gasteiger partial charge in [-0.3, -0.25) is 4.99 Å². The van der Waals surface area contributed by atoms with Gasteiger partial charge in [0.1, 0.15) is 0 Å². The van der Waals surface area contributed by atoms with Gasteiger partial charge < -0.3 is 15.5 Å². The molecule has 1 aliphatic heterocycles. The van der Waals surface area contributed by atoms with E-state index in [9.17, 15) is 0 Å². The lowest BCUT2D eigenvalue weighted by molar-refractivity contribution is 0.140. The van der Waals surface area contributed by atoms with E-state index in [4.69, 9.17) is 0 Å². The summed E-state index contributed by atoms with van der Waals surface area (Å²) in [7, 11) is 0. The molecule has 1 rings (SSSR count). The van der Waals surface area contributed by atoms with E-state index in [-0.39, 0.29) is 24.0 Å². The van der Waals surface area contributed by atoms with Crippen LogP contribution < -0.4 is 10.6 Å². The predicted octanol–water partition coefficient (Wildman–Crippen LogP) is 2.94. The minimum atomic E-state index is 0. The minimum absolute atomic E-state index is 0. The number of nitrogens with zero attached hydrogens (tertiary/aromatic N) is 2. The van der Waals surface area contributed by atoms with E-state index in [0.717, 1.165) is 43.9 Å². The molecule has 21 heavy (non-hydrogen) atoms. The van der Waals surface area contributed by atoms with Crippen molar-refractivity contribution in [1.82, 2.24) is 15.5 Å². The number of aliphatic imine (C=N–C) groups is 1. The van der Waals surface area contributed by atoms with Crippen molar-refractivity contribution in [3.05, 3.63) is 0 Å². The first-order valence-corrected chi connectivity index (χ1v) is 8.40. The van der Waals surface area contributed by atoms with Crippen molar-refractivity contribution in [2.75, 3.05) is 39.3 Å². The lowest BCUT2D eigenvalue weighted by Gasteiger charge is -2.35. The number of guanidine groups is 1. The van der Waals surface area contributed by atoms with Gasteiger partial charge >= 0.3 is 0 Å². The second kappa shape index (κ2) is 12.5. The van der Waals surface area contributed by atoms with Gasteiger partial charge in [0.2, 0.25) is 0 Å². The lowest BCUT2D eigenvalue weighted by Crippen LogP contribution is -2.41. The number of likely N-dealkylation sites (tertiary alicyclic amines) is 1. The number of rotatable bonds is 7. The monoisotopic (exact) mass is 410 g/mol. The van der Waals surface area contributed by atoms with E-state index in [1.54, 1.807) is 0 Å². The van der Waals surface area contributed by atoms with Crippen molar-refractivity contribution in [3.63, 3.8) is 0 Å². The van der Waals surface area contributed by atoms with Crippen LogP contribution in [0.2, 0.25) is 0 Å². The van der Waals surface area contributed by atoms with E-state index in [2.05, 4.69) is 48.2 Å². The van der Waals surface area contributed by atoms with Crippen LogP contribution in [0.5, 0.6) is 0 Å². The molecule has 2 unspecified atom stereocenters. The molecule has 0 bridgehead atoms. The maximum absolute atomic E-state index is 4.52. The van der Waals surface area contributed by atoms with Crippen LogP contribution in [0.25, 0.3) is 0 Å². The van der Waals surface area contributed by atoms with Gasteiger partial charge in [-0.15, -0.1) is 24.0 Å². The molecule has 0 radical (unpaired) electrons. The molecule has 1 saturated heterocycles. The molecule has 0 saturated carbocycles. The van der Waals surface area contributed by atoms with Crippen LogP contribution in [0.1, 0.15) is 47.0 Å². The fourth-order valence-electron chi connectivity index (χ4n) is 3.05. The van der Waals surface area contributed by atoms with Crippen LogP contribution in [0.4, 0.5) is 0 Å². The standard InChI is InChI=1S/C16H34N4.HI/c1-5-8-18-16(17-6-2)19-9-7-10-20-12-14(3)11-15(4)13-20;/h14-15H,5-13H2,1-4H3,(H2,17,18,19);1H. The molecule has 0 aromatic rings. The first kappa shape index (κ1) is 21.0. The Balaban J connectivity index is 0.00000400. The van der Waals surface area contributed by atoms with E-state index in [1.807, 2.05) is 0 Å². The van der Waals surface area contributed by atoms with Gasteiger partial charge in [-0.25, -0.2) is 0 Å². The third-order valence-corrected chi connectivity index (χ3v) is 3.73. The van der Waals surface area contributed by atoms with Gasteiger partial charge in [0, 0.05) is 32.7 Å². The summed E-state index contributed by atoms with van der Waals surface area (Å²) in [6, 6.07) is 0. The van der Waals surface area contributed by atoms with Crippen molar-refractivity contribution in [3.8, 4) is 0 Å². The highest BCUT2D eigenvalue weighted by atomic mass is 127. The summed E-state index contributed by atoms with van der Waals surface area (Å²) in [6.45, 7) is 15.6. The second-order valence-corrected chi connectivity index (χ2v) is 6.25. The smallest absolute Gasteiger partial charge is 0.191 e. The molecule has 1 fully saturated rings. The Kier molecular flexibility index (Phi) is 12.5. The van der Waals surface area contributed by atoms with Crippen molar-refractivity contribution in [1.29, 1.82) is 0 Å². The molecule has 0 aliphatic carbocycles. The number of hydrogen-bond acceptors (Lipinski definition) is 2. The van der Waals surface area contributed by atoms with E-state index in [0.29, 0.717) is 0 Å². The van der Waals surface area contributed by atoms with Crippen LogP contribution in [-0.4, -0.2) is 50.1 Å². The maximum atomic E-state index is 4.52. The quantitative estimate of drug-likeness (QED) is 0.294. The molecule has 2 N–H and O–H groups in total. The summed E-state index contributed by atoms with van der Waals surface area (Å²) >= 11 is 0. The molecule has 2 atom stereocenters. The van der Waals surface area contributed by atoms with Gasteiger partial charge in [-0.2, -0.15) is 0 Å². The zero-order valence-electron chi connectivity index (χ0n) is 14.3. The Labute approximate surface area is 148 Å². The lowest BCUT2D eigenvalue weighted by atomic mass is 9.92. The number of nitrogens with one attached hydrogen (secondary N) is 2. The Hall–Kier alpha value is -0.0400. The predicted molar refractivity (Wildman–Crippen MR) is 104 cm³/mol. The van der Waals surface area contributed by atoms with Gasteiger partial charge in [0.25, 0.3) is 0 Å². The Morgan fingerprint density at radius 1 is 1.14 bits per heavy atom. The number of halogens is 1. The first-order valence-electron chi connectivity index (χ1n) is 8.40. The highest BCUT2D eigenvalue weighted by Gasteiger charge is 2.20. The zero-order chi connectivity index (χ0) is 14.8. The third-order valence-electron chi connectivity index (χ3n) is 3.73. The fourth-order valence-corrected chi connectivity index (χ4v) is 3.05. The molecule has 126 valence electrons. The molecule has 0 aromatic heterocycles. The number of hydrogen-bond donors (Lipinski definition) is 2. The molecule has 1 aliphatic rings. The SMILES string of the molecule is CCCN=C(NCC)NCCCN1CC(C)CC(C)C1.I. The van der Waals surface area contributed by atoms with Crippen LogP contribution >= 0.6 is 24.0 Å². The minimum Gasteiger partial charge on any atom is -0.357 e. The van der Waals surface area contributed by atoms with E-state index >= 15 is 0 Å². The average Bonchev–Trinajstić information content (AvgIpc) is 2.39. The van der Waals surface area contributed by atoms with Crippen LogP contribution in [0, 0.1) is 11.8 Å². The molecule has 0 aromatic carbocycles. The molecule has 0 spiro atoms. The summed E-state index contributed by atoms with van der Waals surface area (Å²) < 4.78 is 0. The summed E-state index contributed by atoms with van der Waals surface area (Å²) in [5, 5.41) is 6.72. The van der Waals surface area contributed by atoms with Crippen molar-refractivity contribution >= 4 is 29.9 Å². The summed E-state index contributed by atoms with van der Waals surface area (Å²) in [6.07, 6.45) is 3.68. The maximum Gasteiger partial charge on any atom is 0.191 e. The van der Waals surface area contributed by atoms with Gasteiger partial charge in [0.15, 0.2) is 5.96 Å². The van der Waals surface area contributed by atoms with E-state index < -0.39 is 0 Å². The Morgan fingerprint density at radius 3 is 2.38 bits per heavy atom. The fraction of sp³-hybridized carbons (Fsp3) is 0.938. The van der Waals surface area contributed by atoms with Crippen molar-refractivity contribution in [2.45, 2.75) is 47.0 Å². The highest BCUT2D eigenvalue weighted by molar-refractivity contribution is 14.0. The molecular formula is C16H35IN4. The van der Waals surface area contributed by atoms with Gasteiger partial charge in [-0.1, -0.05) is 20.8 Å². The Morgan fingerprint density at radius 2 is 1.81 bits per heavy atom. The zero-order valence-corrected chi connectivity index (χ0v) is 16.7. The Bertz CT molecular complexity index is 273. The molecule has 1 heterocycles. The summed E-state index contributed by atoms with van der Waals surface area (Å²) in [5.41, 5.74) is 0. The number of piperidine rings is 1. The summed E-state index contributed by atoms with van der Waals surface area (Å²) in [5.74, 6) is 2.68. The largest absolute Gasteiger partial charge is 0.357 e.